The Morgan fingerprint density at radius 2 is 2.00 bits per heavy atom. The van der Waals surface area contributed by atoms with Gasteiger partial charge in [0.05, 0.1) is 12.8 Å². The van der Waals surface area contributed by atoms with Gasteiger partial charge in [0, 0.05) is 11.5 Å². The number of nitrogens with two attached hydrogens (primary N) is 1. The van der Waals surface area contributed by atoms with E-state index in [1.54, 1.807) is 6.07 Å². The van der Waals surface area contributed by atoms with E-state index in [4.69, 9.17) is 5.73 Å². The molecule has 0 radical (unpaired) electrons. The highest BCUT2D eigenvalue weighted by Crippen LogP contribution is 2.21. The Kier molecular flexibility index (Phi) is 2.93. The minimum atomic E-state index is -0.576. The lowest BCUT2D eigenvalue weighted by Crippen LogP contribution is -2.18. The number of nitrogens with zero attached hydrogens (tertiary/aromatic N) is 2. The molecule has 0 atom stereocenters. The predicted molar refractivity (Wildman–Crippen MR) is 56.5 cm³/mol. The molecule has 1 aromatic rings. The number of aromatic nitrogens is 2. The van der Waals surface area contributed by atoms with Gasteiger partial charge in [-0.3, -0.25) is 0 Å². The largest absolute Gasteiger partial charge is 0.463 e. The fourth-order valence-corrected chi connectivity index (χ4v) is 1.03. The molecular weight excluding hydrogens is 194 g/mol. The highest BCUT2D eigenvalue weighted by Gasteiger charge is 2.20. The first-order chi connectivity index (χ1) is 6.84. The fraction of sp³-hybridized carbons (Fsp3) is 0.500. The zero-order valence-electron chi connectivity index (χ0n) is 9.37. The average molecular weight is 209 g/mol. The molecule has 5 heteroatoms. The van der Waals surface area contributed by atoms with Crippen LogP contribution in [0.25, 0.3) is 0 Å². The predicted octanol–water partition coefficient (Wildman–Crippen LogP) is 1.14. The van der Waals surface area contributed by atoms with Crippen molar-refractivity contribution in [1.29, 1.82) is 0 Å². The van der Waals surface area contributed by atoms with E-state index in [1.807, 2.05) is 20.8 Å². The Morgan fingerprint density at radius 1 is 1.40 bits per heavy atom. The van der Waals surface area contributed by atoms with E-state index in [0.717, 1.165) is 5.69 Å². The maximum Gasteiger partial charge on any atom is 0.376 e. The maximum absolute atomic E-state index is 11.2. The number of carbonyl (C=O) groups excluding carboxylic acids is 1. The third kappa shape index (κ3) is 2.65. The van der Waals surface area contributed by atoms with Crippen LogP contribution in [0.3, 0.4) is 0 Å². The number of nitrogen functional groups attached to an aromatic ring is 1. The summed E-state index contributed by atoms with van der Waals surface area (Å²) >= 11 is 0. The van der Waals surface area contributed by atoms with Crippen molar-refractivity contribution >= 4 is 11.8 Å². The van der Waals surface area contributed by atoms with Crippen LogP contribution in [-0.4, -0.2) is 23.0 Å². The van der Waals surface area contributed by atoms with Crippen LogP contribution < -0.4 is 5.73 Å². The van der Waals surface area contributed by atoms with Crippen LogP contribution in [0.2, 0.25) is 0 Å². The van der Waals surface area contributed by atoms with Crippen LogP contribution in [0.5, 0.6) is 0 Å². The van der Waals surface area contributed by atoms with Gasteiger partial charge >= 0.3 is 5.97 Å². The van der Waals surface area contributed by atoms with Crippen LogP contribution in [0.1, 0.15) is 37.1 Å². The van der Waals surface area contributed by atoms with Crippen molar-refractivity contribution in [2.24, 2.45) is 0 Å². The number of carbonyl (C=O) groups is 1. The molecule has 0 aliphatic rings. The minimum Gasteiger partial charge on any atom is -0.463 e. The van der Waals surface area contributed by atoms with Crippen LogP contribution in [0.4, 0.5) is 5.82 Å². The molecule has 0 unspecified atom stereocenters. The van der Waals surface area contributed by atoms with E-state index in [0.29, 0.717) is 0 Å². The van der Waals surface area contributed by atoms with Gasteiger partial charge in [0.25, 0.3) is 0 Å². The van der Waals surface area contributed by atoms with Gasteiger partial charge in [0.2, 0.25) is 5.82 Å². The molecular formula is C10H15N3O2. The first kappa shape index (κ1) is 11.4. The lowest BCUT2D eigenvalue weighted by atomic mass is 9.92. The van der Waals surface area contributed by atoms with Crippen LogP contribution in [0, 0.1) is 0 Å². The first-order valence-corrected chi connectivity index (χ1v) is 4.58. The molecule has 2 N–H and O–H groups in total. The molecule has 0 bridgehead atoms. The maximum atomic E-state index is 11.2. The van der Waals surface area contributed by atoms with Crippen molar-refractivity contribution in [3.63, 3.8) is 0 Å². The number of anilines is 1. The van der Waals surface area contributed by atoms with E-state index in [1.165, 1.54) is 7.11 Å². The van der Waals surface area contributed by atoms with Crippen molar-refractivity contribution < 1.29 is 9.53 Å². The monoisotopic (exact) mass is 209 g/mol. The summed E-state index contributed by atoms with van der Waals surface area (Å²) in [5.41, 5.74) is 6.13. The van der Waals surface area contributed by atoms with E-state index >= 15 is 0 Å². The van der Waals surface area contributed by atoms with Crippen molar-refractivity contribution in [1.82, 2.24) is 9.97 Å². The Hall–Kier alpha value is -1.65. The summed E-state index contributed by atoms with van der Waals surface area (Å²) in [6.45, 7) is 5.95. The van der Waals surface area contributed by atoms with Crippen LogP contribution >= 0.6 is 0 Å². The summed E-state index contributed by atoms with van der Waals surface area (Å²) in [5, 5.41) is 0. The topological polar surface area (TPSA) is 78.1 Å². The van der Waals surface area contributed by atoms with Crippen LogP contribution in [0.15, 0.2) is 6.07 Å². The number of hydrogen-bond donors (Lipinski definition) is 1. The smallest absolute Gasteiger partial charge is 0.376 e. The fourth-order valence-electron chi connectivity index (χ4n) is 1.03. The molecule has 1 heterocycles. The quantitative estimate of drug-likeness (QED) is 0.702. The molecule has 0 spiro atoms. The highest BCUT2D eigenvalue weighted by molar-refractivity contribution is 5.85. The highest BCUT2D eigenvalue weighted by atomic mass is 16.5. The van der Waals surface area contributed by atoms with Crippen molar-refractivity contribution in [2.45, 2.75) is 26.2 Å². The van der Waals surface area contributed by atoms with Gasteiger partial charge in [0.1, 0.15) is 5.82 Å². The summed E-state index contributed by atoms with van der Waals surface area (Å²) in [7, 11) is 1.28. The van der Waals surface area contributed by atoms with Crippen LogP contribution in [-0.2, 0) is 10.2 Å². The lowest BCUT2D eigenvalue weighted by Gasteiger charge is -2.18. The zero-order chi connectivity index (χ0) is 11.6. The zero-order valence-corrected chi connectivity index (χ0v) is 9.37. The summed E-state index contributed by atoms with van der Waals surface area (Å²) in [6, 6.07) is 1.66. The van der Waals surface area contributed by atoms with E-state index < -0.39 is 5.97 Å². The number of hydrogen-bond acceptors (Lipinski definition) is 5. The number of ether oxygens (including phenoxy) is 1. The summed E-state index contributed by atoms with van der Waals surface area (Å²) in [4.78, 5) is 19.2. The Morgan fingerprint density at radius 3 is 2.47 bits per heavy atom. The standard InChI is InChI=1S/C10H15N3O2/c1-10(2,3)6-5-7(11)13-8(12-6)9(14)15-4/h5H,1-4H3,(H2,11,12,13). The molecule has 15 heavy (non-hydrogen) atoms. The van der Waals surface area contributed by atoms with Gasteiger partial charge in [0.15, 0.2) is 0 Å². The molecule has 0 fully saturated rings. The van der Waals surface area contributed by atoms with E-state index in [-0.39, 0.29) is 17.1 Å². The Bertz CT molecular complexity index is 383. The lowest BCUT2D eigenvalue weighted by molar-refractivity contribution is 0.0586. The first-order valence-electron chi connectivity index (χ1n) is 4.58. The number of methoxy groups -OCH3 is 1. The molecule has 0 aliphatic heterocycles. The second-order valence-corrected chi connectivity index (χ2v) is 4.24. The number of esters is 1. The minimum absolute atomic E-state index is 0.00225. The molecule has 82 valence electrons. The second kappa shape index (κ2) is 3.84. The molecule has 1 aromatic heterocycles. The third-order valence-corrected chi connectivity index (χ3v) is 1.88. The van der Waals surface area contributed by atoms with Gasteiger partial charge in [-0.05, 0) is 0 Å². The normalized spacial score (nSPS) is 11.2. The van der Waals surface area contributed by atoms with Gasteiger partial charge < -0.3 is 10.5 Å². The Labute approximate surface area is 88.7 Å². The van der Waals surface area contributed by atoms with E-state index in [9.17, 15) is 4.79 Å². The molecule has 1 rings (SSSR count). The second-order valence-electron chi connectivity index (χ2n) is 4.24. The SMILES string of the molecule is COC(=O)c1nc(N)cc(C(C)(C)C)n1. The summed E-state index contributed by atoms with van der Waals surface area (Å²) < 4.78 is 4.54. The summed E-state index contributed by atoms with van der Waals surface area (Å²) in [6.07, 6.45) is 0. The van der Waals surface area contributed by atoms with E-state index in [2.05, 4.69) is 14.7 Å². The number of rotatable bonds is 1. The molecule has 0 saturated heterocycles. The molecule has 0 amide bonds. The molecule has 0 saturated carbocycles. The van der Waals surface area contributed by atoms with Gasteiger partial charge in [-0.15, -0.1) is 0 Å². The molecule has 0 aromatic carbocycles. The van der Waals surface area contributed by atoms with Gasteiger partial charge in [-0.2, -0.15) is 0 Å². The third-order valence-electron chi connectivity index (χ3n) is 1.88. The summed E-state index contributed by atoms with van der Waals surface area (Å²) in [5.74, 6) is -0.300. The van der Waals surface area contributed by atoms with Crippen molar-refractivity contribution in [2.75, 3.05) is 12.8 Å². The molecule has 5 nitrogen and oxygen atoms in total. The van der Waals surface area contributed by atoms with Crippen molar-refractivity contribution in [3.05, 3.63) is 17.6 Å². The van der Waals surface area contributed by atoms with Crippen molar-refractivity contribution in [3.8, 4) is 0 Å². The van der Waals surface area contributed by atoms with Gasteiger partial charge in [-0.1, -0.05) is 20.8 Å². The van der Waals surface area contributed by atoms with Gasteiger partial charge in [-0.25, -0.2) is 14.8 Å². The molecule has 0 aliphatic carbocycles. The average Bonchev–Trinajstić information content (AvgIpc) is 2.14. The Balaban J connectivity index is 3.23.